The predicted octanol–water partition coefficient (Wildman–Crippen LogP) is 17.2. The molecule has 70 heavy (non-hydrogen) atoms. The lowest BCUT2D eigenvalue weighted by molar-refractivity contribution is 0.550. The quantitative estimate of drug-likeness (QED) is 0.126. The first-order valence-corrected chi connectivity index (χ1v) is 21.7. The van der Waals surface area contributed by atoms with Gasteiger partial charge in [0.2, 0.25) is 0 Å². The molecule has 0 aliphatic heterocycles. The fraction of sp³-hybridized carbons (Fsp3) is 0.0312. The number of benzene rings is 8. The van der Waals surface area contributed by atoms with Gasteiger partial charge in [-0.3, -0.25) is 0 Å². The molecule has 4 aliphatic rings. The molecule has 8 aromatic carbocycles. The minimum Gasteiger partial charge on any atom is -0.307 e. The fourth-order valence-corrected chi connectivity index (χ4v) is 9.54. The monoisotopic (exact) mass is 934 g/mol. The van der Waals surface area contributed by atoms with E-state index in [-0.39, 0.29) is 33.9 Å². The van der Waals surface area contributed by atoms with Crippen molar-refractivity contribution in [2.75, 3.05) is 9.80 Å². The molecule has 0 saturated heterocycles. The normalized spacial score (nSPS) is 20.5. The van der Waals surface area contributed by atoms with Crippen LogP contribution in [0.4, 0.5) is 40.3 Å². The van der Waals surface area contributed by atoms with Gasteiger partial charge in [0.05, 0.1) is 50.2 Å². The van der Waals surface area contributed by atoms with E-state index >= 15 is 17.6 Å². The summed E-state index contributed by atoms with van der Waals surface area (Å²) in [5.41, 5.74) is -2.55. The predicted molar refractivity (Wildman–Crippen MR) is 276 cm³/mol. The maximum Gasteiger partial charge on any atom is 0.148 e. The van der Waals surface area contributed by atoms with Crippen LogP contribution in [-0.4, -0.2) is 0 Å². The van der Waals surface area contributed by atoms with Gasteiger partial charge in [0, 0.05) is 34.3 Å². The second kappa shape index (κ2) is 17.7. The number of halogens is 4. The molecule has 0 bridgehead atoms. The third kappa shape index (κ3) is 7.55. The van der Waals surface area contributed by atoms with Crippen LogP contribution in [0.1, 0.15) is 27.4 Å². The van der Waals surface area contributed by atoms with Gasteiger partial charge < -0.3 is 9.80 Å². The van der Waals surface area contributed by atoms with E-state index in [4.69, 9.17) is 21.9 Å². The van der Waals surface area contributed by atoms with Crippen molar-refractivity contribution in [3.05, 3.63) is 299 Å². The lowest BCUT2D eigenvalue weighted by Gasteiger charge is -2.45. The molecule has 0 fully saturated rings. The Bertz CT molecular complexity index is 4700. The van der Waals surface area contributed by atoms with Crippen molar-refractivity contribution in [2.24, 2.45) is 11.8 Å². The molecule has 0 saturated carbocycles. The molecule has 4 aliphatic carbocycles. The van der Waals surface area contributed by atoms with Crippen molar-refractivity contribution in [2.45, 2.75) is 0 Å². The zero-order valence-corrected chi connectivity index (χ0v) is 36.1. The molecule has 336 valence electrons. The van der Waals surface area contributed by atoms with Crippen molar-refractivity contribution in [3.63, 3.8) is 0 Å². The summed E-state index contributed by atoms with van der Waals surface area (Å²) < 4.78 is 243. The fourth-order valence-electron chi connectivity index (χ4n) is 9.54. The first-order chi connectivity index (χ1) is 42.7. The number of allylic oxidation sites excluding steroid dienone is 12. The Hall–Kier alpha value is -8.74. The summed E-state index contributed by atoms with van der Waals surface area (Å²) in [6.45, 7) is 0. The van der Waals surface area contributed by atoms with Crippen LogP contribution in [0.5, 0.6) is 0 Å². The summed E-state index contributed by atoms with van der Waals surface area (Å²) in [5, 5.41) is 0. The Morgan fingerprint density at radius 2 is 0.857 bits per heavy atom. The minimum atomic E-state index is -1.22. The summed E-state index contributed by atoms with van der Waals surface area (Å²) in [4.78, 5) is 2.55. The van der Waals surface area contributed by atoms with E-state index in [0.717, 1.165) is 48.5 Å². The molecule has 2 nitrogen and oxygen atoms in total. The zero-order valence-electron chi connectivity index (χ0n) is 56.1. The van der Waals surface area contributed by atoms with Gasteiger partial charge in [-0.05, 0) is 128 Å². The van der Waals surface area contributed by atoms with E-state index in [9.17, 15) is 5.48 Å². The summed E-state index contributed by atoms with van der Waals surface area (Å²) in [6.07, 6.45) is 13.5. The number of hydrogen-bond acceptors (Lipinski definition) is 2. The van der Waals surface area contributed by atoms with Crippen molar-refractivity contribution < 1.29 is 45.0 Å². The molecule has 0 heterocycles. The molecule has 8 aromatic rings. The van der Waals surface area contributed by atoms with Crippen LogP contribution in [0.3, 0.4) is 0 Å². The van der Waals surface area contributed by atoms with Crippen LogP contribution in [-0.2, 0) is 0 Å². The summed E-state index contributed by atoms with van der Waals surface area (Å²) in [7, 11) is 0. The van der Waals surface area contributed by atoms with Gasteiger partial charge in [0.25, 0.3) is 0 Å². The number of nitrogens with zero attached hydrogens (tertiary/aromatic N) is 2. The summed E-state index contributed by atoms with van der Waals surface area (Å²) in [5.74, 6) is -5.70. The third-order valence-corrected chi connectivity index (χ3v) is 12.4. The molecule has 0 aromatic heterocycles. The largest absolute Gasteiger partial charge is 0.307 e. The van der Waals surface area contributed by atoms with Crippen molar-refractivity contribution in [3.8, 4) is 44.5 Å². The topological polar surface area (TPSA) is 6.48 Å². The highest BCUT2D eigenvalue weighted by molar-refractivity contribution is 5.92. The van der Waals surface area contributed by atoms with Gasteiger partial charge in [0.1, 0.15) is 23.3 Å². The molecule has 0 N–H and O–H groups in total. The van der Waals surface area contributed by atoms with Crippen LogP contribution in [0.15, 0.2) is 276 Å². The van der Waals surface area contributed by atoms with E-state index in [2.05, 4.69) is 0 Å². The molecule has 2 atom stereocenters. The average molecular weight is 935 g/mol. The van der Waals surface area contributed by atoms with E-state index in [0.29, 0.717) is 22.3 Å². The highest BCUT2D eigenvalue weighted by Gasteiger charge is 2.43. The molecule has 0 spiro atoms. The third-order valence-electron chi connectivity index (χ3n) is 12.4. The SMILES string of the molecule is [2H]c1c([2H])c([2H])c(-c2cc(F)c(N(C3=CC=C4C=CC5=C(N(c6cccc(F)c6)c6c(F)cc(-c7c([2H])c([2H])c([2H])c([2H])c7[2H])cc6-c6c([2H])c([2H])c([2H])c([2H])c6[2H])C=CC6=CC=C3C4C65)c3cccc(F)c3)c(-c3c([2H])c([2H])c([2H])c([2H])c3[2H])c2)c([2H])c1[2H]. The highest BCUT2D eigenvalue weighted by atomic mass is 19.1. The summed E-state index contributed by atoms with van der Waals surface area (Å²) >= 11 is 0. The van der Waals surface area contributed by atoms with Crippen LogP contribution in [0.25, 0.3) is 44.5 Å². The smallest absolute Gasteiger partial charge is 0.148 e. The maximum atomic E-state index is 18.3. The van der Waals surface area contributed by atoms with Gasteiger partial charge in [-0.2, -0.15) is 0 Å². The van der Waals surface area contributed by atoms with Gasteiger partial charge >= 0.3 is 0 Å². The first kappa shape index (κ1) is 26.1. The van der Waals surface area contributed by atoms with Crippen molar-refractivity contribution in [1.29, 1.82) is 0 Å². The molecule has 12 rings (SSSR count). The van der Waals surface area contributed by atoms with Gasteiger partial charge in [-0.25, -0.2) is 17.6 Å². The maximum absolute atomic E-state index is 18.3. The van der Waals surface area contributed by atoms with Crippen molar-refractivity contribution in [1.82, 2.24) is 0 Å². The second-order valence-electron chi connectivity index (χ2n) is 16.3. The average Bonchev–Trinajstić information content (AvgIpc) is 0.722. The van der Waals surface area contributed by atoms with Crippen molar-refractivity contribution >= 4 is 22.7 Å². The van der Waals surface area contributed by atoms with Crippen LogP contribution >= 0.6 is 0 Å². The van der Waals surface area contributed by atoms with E-state index in [1.807, 2.05) is 0 Å². The van der Waals surface area contributed by atoms with Gasteiger partial charge in [0.15, 0.2) is 0 Å². The van der Waals surface area contributed by atoms with E-state index in [1.165, 1.54) is 34.1 Å². The first-order valence-electron chi connectivity index (χ1n) is 31.7. The lowest BCUT2D eigenvalue weighted by atomic mass is 9.63. The Kier molecular flexibility index (Phi) is 6.62. The Balaban J connectivity index is 1.11. The molecular weight excluding hydrogens is 873 g/mol. The zero-order chi connectivity index (χ0) is 64.7. The van der Waals surface area contributed by atoms with Crippen LogP contribution in [0.2, 0.25) is 0 Å². The Morgan fingerprint density at radius 1 is 0.400 bits per heavy atom. The van der Waals surface area contributed by atoms with Crippen LogP contribution < -0.4 is 9.80 Å². The Morgan fingerprint density at radius 3 is 1.39 bits per heavy atom. The summed E-state index contributed by atoms with van der Waals surface area (Å²) in [6, 6.07) is -1.81. The highest BCUT2D eigenvalue weighted by Crippen LogP contribution is 2.56. The number of anilines is 4. The van der Waals surface area contributed by atoms with Crippen LogP contribution in [0, 0.1) is 35.1 Å². The van der Waals surface area contributed by atoms with Gasteiger partial charge in [-0.15, -0.1) is 0 Å². The molecule has 0 amide bonds. The molecule has 0 radical (unpaired) electrons. The van der Waals surface area contributed by atoms with Gasteiger partial charge in [-0.1, -0.05) is 169 Å². The lowest BCUT2D eigenvalue weighted by Crippen LogP contribution is -2.35. The van der Waals surface area contributed by atoms with E-state index in [1.54, 1.807) is 48.6 Å². The molecule has 6 heteroatoms. The molecular formula is C64H42F4N2. The molecule has 2 unspecified atom stereocenters. The Labute approximate surface area is 432 Å². The number of hydrogen-bond donors (Lipinski definition) is 0. The second-order valence-corrected chi connectivity index (χ2v) is 16.3. The standard InChI is InChI=1S/C64H42F4N2/c65-49-23-13-25-51(39-49)69(63-55(43-19-9-3-10-20-43)35-47(37-57(63)67)41-15-5-1-6-16-41)59-33-29-45-28-32-54-60(34-30-46-27-31-53(59)61(45)62(46)54)70(52-26-14-24-50(66)40-52)64-56(44-21-11-4-12-22-44)36-48(38-58(64)68)42-17-7-2-8-18-42/h1-40,61-62H/i1D,2D,3D,4D,5D,6D,7D,8D,9D,10D,11D,12D,15D,16D,17D,18D,19D,20D,21D,22D. The minimum absolute atomic E-state index is 0.0665. The van der Waals surface area contributed by atoms with E-state index < -0.39 is 201 Å². The number of rotatable bonds is 10.